The van der Waals surface area contributed by atoms with E-state index in [2.05, 4.69) is 0 Å². The van der Waals surface area contributed by atoms with Crippen LogP contribution in [0.4, 0.5) is 0 Å². The Balaban J connectivity index is 4.69. The van der Waals surface area contributed by atoms with E-state index < -0.39 is 11.9 Å². The van der Waals surface area contributed by atoms with Crippen LogP contribution in [0, 0.1) is 0 Å². The van der Waals surface area contributed by atoms with Crippen molar-refractivity contribution in [3.63, 3.8) is 0 Å². The molecule has 0 aliphatic rings. The van der Waals surface area contributed by atoms with Gasteiger partial charge in [0, 0.05) is 61.5 Å². The number of aliphatic carboxylic acids is 2. The lowest BCUT2D eigenvalue weighted by Gasteiger charge is -2.33. The molecule has 1 unspecified atom stereocenters. The monoisotopic (exact) mass is 450 g/mol. The Morgan fingerprint density at radius 3 is 1.72 bits per heavy atom. The number of carbonyl (C=O) groups is 4. The number of rotatable bonds is 17. The number of carboxylic acid groups (broad SMARTS) is 2. The van der Waals surface area contributed by atoms with Crippen LogP contribution in [0.3, 0.4) is 0 Å². The normalized spacial score (nSPS) is 11.7. The van der Waals surface area contributed by atoms with Gasteiger partial charge < -0.3 is 20.0 Å². The van der Waals surface area contributed by atoms with E-state index in [4.69, 9.17) is 10.2 Å². The first-order valence-corrected chi connectivity index (χ1v) is 12.2. The van der Waals surface area contributed by atoms with Crippen LogP contribution in [0.25, 0.3) is 0 Å². The van der Waals surface area contributed by atoms with E-state index in [0.29, 0.717) is 55.5 Å². The smallest absolute Gasteiger partial charge is 0.304 e. The van der Waals surface area contributed by atoms with Crippen LogP contribution in [0.15, 0.2) is 0 Å². The number of thioether (sulfide) groups is 2. The molecule has 0 aromatic rings. The van der Waals surface area contributed by atoms with Crippen LogP contribution in [0.1, 0.15) is 46.5 Å². The fourth-order valence-corrected chi connectivity index (χ4v) is 4.34. The molecule has 0 fully saturated rings. The molecule has 8 nitrogen and oxygen atoms in total. The Bertz CT molecular complexity index is 533. The number of carboxylic acids is 2. The lowest BCUT2D eigenvalue weighted by molar-refractivity contribution is -0.137. The van der Waals surface area contributed by atoms with Crippen LogP contribution in [0.5, 0.6) is 0 Å². The molecule has 168 valence electrons. The first-order chi connectivity index (χ1) is 13.7. The average Bonchev–Trinajstić information content (AvgIpc) is 2.67. The lowest BCUT2D eigenvalue weighted by atomic mass is 10.2. The minimum atomic E-state index is -0.831. The van der Waals surface area contributed by atoms with Gasteiger partial charge in [0.25, 0.3) is 0 Å². The minimum Gasteiger partial charge on any atom is -0.481 e. The number of hydrogen-bond donors (Lipinski definition) is 2. The fraction of sp³-hybridized carbons (Fsp3) is 0.789. The molecule has 2 amide bonds. The summed E-state index contributed by atoms with van der Waals surface area (Å²) >= 11 is 3.00. The highest BCUT2D eigenvalue weighted by Gasteiger charge is 2.22. The predicted molar refractivity (Wildman–Crippen MR) is 117 cm³/mol. The molecule has 0 aliphatic carbocycles. The summed E-state index contributed by atoms with van der Waals surface area (Å²) < 4.78 is 0. The van der Waals surface area contributed by atoms with Crippen LogP contribution < -0.4 is 0 Å². The third-order valence-corrected chi connectivity index (χ3v) is 6.13. The summed E-state index contributed by atoms with van der Waals surface area (Å²) in [5, 5.41) is 17.4. The third-order valence-electron chi connectivity index (χ3n) is 4.20. The Hall–Kier alpha value is -1.42. The summed E-state index contributed by atoms with van der Waals surface area (Å²) in [6.07, 6.45) is 0.942. The largest absolute Gasteiger partial charge is 0.481 e. The van der Waals surface area contributed by atoms with Crippen molar-refractivity contribution < 1.29 is 29.4 Å². The molecule has 0 aliphatic heterocycles. The molecule has 0 aromatic carbocycles. The van der Waals surface area contributed by atoms with Crippen molar-refractivity contribution >= 4 is 47.3 Å². The maximum absolute atomic E-state index is 12.4. The van der Waals surface area contributed by atoms with Crippen LogP contribution in [-0.4, -0.2) is 92.5 Å². The maximum atomic E-state index is 12.4. The minimum absolute atomic E-state index is 0.00964. The van der Waals surface area contributed by atoms with Gasteiger partial charge in [0.1, 0.15) is 0 Å². The Morgan fingerprint density at radius 2 is 1.28 bits per heavy atom. The molecule has 1 atom stereocenters. The molecule has 0 saturated carbocycles. The summed E-state index contributed by atoms with van der Waals surface area (Å²) in [4.78, 5) is 49.3. The SMILES string of the molecule is CCC(=O)N(CCSCCC(=O)O)CC(C)N(CCSCCC(=O)O)C(=O)CC. The zero-order valence-corrected chi connectivity index (χ0v) is 19.2. The van der Waals surface area contributed by atoms with Gasteiger partial charge in [-0.15, -0.1) is 0 Å². The molecule has 10 heteroatoms. The first kappa shape index (κ1) is 27.6. The molecule has 0 spiro atoms. The standard InChI is InChI=1S/C19H34N2O6S2/c1-4-16(22)20(8-12-28-10-6-18(24)25)14-15(3)21(17(23)5-2)9-13-29-11-7-19(26)27/h15H,4-14H2,1-3H3,(H,24,25)(H,26,27). The van der Waals surface area contributed by atoms with Crippen LogP contribution in [-0.2, 0) is 19.2 Å². The van der Waals surface area contributed by atoms with E-state index in [-0.39, 0.29) is 30.7 Å². The lowest BCUT2D eigenvalue weighted by Crippen LogP contribution is -2.48. The van der Waals surface area contributed by atoms with Crippen molar-refractivity contribution in [2.24, 2.45) is 0 Å². The van der Waals surface area contributed by atoms with E-state index in [1.807, 2.05) is 6.92 Å². The molecule has 0 heterocycles. The van der Waals surface area contributed by atoms with Crippen molar-refractivity contribution in [1.82, 2.24) is 9.80 Å². The second-order valence-corrected chi connectivity index (χ2v) is 8.94. The van der Waals surface area contributed by atoms with Gasteiger partial charge in [0.05, 0.1) is 12.8 Å². The molecular formula is C19H34N2O6S2. The van der Waals surface area contributed by atoms with Crippen molar-refractivity contribution in [3.05, 3.63) is 0 Å². The first-order valence-electron chi connectivity index (χ1n) is 9.89. The van der Waals surface area contributed by atoms with Crippen molar-refractivity contribution in [3.8, 4) is 0 Å². The van der Waals surface area contributed by atoms with Gasteiger partial charge in [-0.3, -0.25) is 19.2 Å². The molecule has 0 aromatic heterocycles. The molecular weight excluding hydrogens is 416 g/mol. The predicted octanol–water partition coefficient (Wildman–Crippen LogP) is 2.27. The topological polar surface area (TPSA) is 115 Å². The highest BCUT2D eigenvalue weighted by molar-refractivity contribution is 7.99. The van der Waals surface area contributed by atoms with Crippen LogP contribution in [0.2, 0.25) is 0 Å². The fourth-order valence-electron chi connectivity index (χ4n) is 2.61. The highest BCUT2D eigenvalue weighted by atomic mass is 32.2. The summed E-state index contributed by atoms with van der Waals surface area (Å²) in [5.41, 5.74) is 0. The summed E-state index contributed by atoms with van der Waals surface area (Å²) in [6.45, 7) is 6.97. The van der Waals surface area contributed by atoms with Crippen molar-refractivity contribution in [2.45, 2.75) is 52.5 Å². The molecule has 0 radical (unpaired) electrons. The molecule has 0 bridgehead atoms. The second kappa shape index (κ2) is 16.4. The molecule has 0 rings (SSSR count). The molecule has 29 heavy (non-hydrogen) atoms. The summed E-state index contributed by atoms with van der Waals surface area (Å²) in [6, 6.07) is -0.151. The average molecular weight is 451 g/mol. The maximum Gasteiger partial charge on any atom is 0.304 e. The highest BCUT2D eigenvalue weighted by Crippen LogP contribution is 2.11. The Kier molecular flexibility index (Phi) is 15.6. The Labute approximate surface area is 181 Å². The molecule has 0 saturated heterocycles. The van der Waals surface area contributed by atoms with Gasteiger partial charge in [-0.05, 0) is 6.92 Å². The summed E-state index contributed by atoms with van der Waals surface area (Å²) in [7, 11) is 0. The number of hydrogen-bond acceptors (Lipinski definition) is 6. The van der Waals surface area contributed by atoms with E-state index in [9.17, 15) is 19.2 Å². The van der Waals surface area contributed by atoms with Crippen molar-refractivity contribution in [2.75, 3.05) is 42.6 Å². The number of carbonyl (C=O) groups excluding carboxylic acids is 2. The van der Waals surface area contributed by atoms with Gasteiger partial charge in [-0.25, -0.2) is 0 Å². The van der Waals surface area contributed by atoms with E-state index in [1.165, 1.54) is 23.5 Å². The van der Waals surface area contributed by atoms with E-state index >= 15 is 0 Å². The summed E-state index contributed by atoms with van der Waals surface area (Å²) in [5.74, 6) is 0.671. The quantitative estimate of drug-likeness (QED) is 0.324. The zero-order valence-electron chi connectivity index (χ0n) is 17.6. The van der Waals surface area contributed by atoms with Gasteiger partial charge in [-0.2, -0.15) is 23.5 Å². The number of amides is 2. The van der Waals surface area contributed by atoms with Gasteiger partial charge in [0.15, 0.2) is 0 Å². The Morgan fingerprint density at radius 1 is 0.793 bits per heavy atom. The van der Waals surface area contributed by atoms with E-state index in [1.54, 1.807) is 23.6 Å². The molecule has 2 N–H and O–H groups in total. The zero-order chi connectivity index (χ0) is 22.2. The third kappa shape index (κ3) is 13.4. The van der Waals surface area contributed by atoms with Gasteiger partial charge in [0.2, 0.25) is 11.8 Å². The number of nitrogens with zero attached hydrogens (tertiary/aromatic N) is 2. The van der Waals surface area contributed by atoms with Crippen LogP contribution >= 0.6 is 23.5 Å². The van der Waals surface area contributed by atoms with Crippen molar-refractivity contribution in [1.29, 1.82) is 0 Å². The van der Waals surface area contributed by atoms with Gasteiger partial charge in [-0.1, -0.05) is 13.8 Å². The second-order valence-electron chi connectivity index (χ2n) is 6.50. The van der Waals surface area contributed by atoms with Gasteiger partial charge >= 0.3 is 11.9 Å². The van der Waals surface area contributed by atoms with E-state index in [0.717, 1.165) is 0 Å².